The molecule has 1 amide bonds. The van der Waals surface area contributed by atoms with Crippen molar-refractivity contribution in [3.63, 3.8) is 0 Å². The molecule has 0 aromatic heterocycles. The summed E-state index contributed by atoms with van der Waals surface area (Å²) in [5, 5.41) is 13.0. The van der Waals surface area contributed by atoms with Crippen LogP contribution in [0.2, 0.25) is 0 Å². The zero-order valence-electron chi connectivity index (χ0n) is 11.2. The van der Waals surface area contributed by atoms with Crippen LogP contribution in [0.5, 0.6) is 0 Å². The highest BCUT2D eigenvalue weighted by atomic mass is 32.2. The highest BCUT2D eigenvalue weighted by molar-refractivity contribution is 8.00. The third kappa shape index (κ3) is 3.12. The first-order valence-electron chi connectivity index (χ1n) is 6.53. The monoisotopic (exact) mass is 301 g/mol. The molecule has 1 fully saturated rings. The van der Waals surface area contributed by atoms with Gasteiger partial charge in [0.1, 0.15) is 0 Å². The van der Waals surface area contributed by atoms with Gasteiger partial charge in [-0.25, -0.2) is 8.78 Å². The molecule has 0 spiro atoms. The molecule has 6 heteroatoms. The Hall–Kier alpha value is -1.14. The third-order valence-corrected chi connectivity index (χ3v) is 4.95. The van der Waals surface area contributed by atoms with Gasteiger partial charge in [0.05, 0.1) is 5.60 Å². The quantitative estimate of drug-likeness (QED) is 0.877. The van der Waals surface area contributed by atoms with E-state index in [0.717, 1.165) is 24.3 Å². The summed E-state index contributed by atoms with van der Waals surface area (Å²) < 4.78 is 25.8. The zero-order chi connectivity index (χ0) is 14.8. The fraction of sp³-hybridized carbons (Fsp3) is 0.500. The lowest BCUT2D eigenvalue weighted by molar-refractivity contribution is -0.0221. The minimum atomic E-state index is -1.06. The Morgan fingerprint density at radius 3 is 2.80 bits per heavy atom. The van der Waals surface area contributed by atoms with Gasteiger partial charge in [-0.3, -0.25) is 4.79 Å². The van der Waals surface area contributed by atoms with E-state index in [1.54, 1.807) is 11.8 Å². The van der Waals surface area contributed by atoms with E-state index < -0.39 is 23.1 Å². The molecule has 0 aliphatic heterocycles. The first-order valence-corrected chi connectivity index (χ1v) is 7.58. The van der Waals surface area contributed by atoms with Crippen LogP contribution in [0.4, 0.5) is 8.78 Å². The Labute approximate surface area is 120 Å². The van der Waals surface area contributed by atoms with Crippen LogP contribution in [0.25, 0.3) is 0 Å². The topological polar surface area (TPSA) is 49.3 Å². The van der Waals surface area contributed by atoms with E-state index in [9.17, 15) is 18.7 Å². The molecule has 0 saturated heterocycles. The highest BCUT2D eigenvalue weighted by Gasteiger charge is 2.45. The molecule has 0 bridgehead atoms. The molecule has 1 saturated carbocycles. The van der Waals surface area contributed by atoms with Crippen molar-refractivity contribution in [2.45, 2.75) is 30.6 Å². The summed E-state index contributed by atoms with van der Waals surface area (Å²) in [4.78, 5) is 11.8. The van der Waals surface area contributed by atoms with Gasteiger partial charge in [-0.2, -0.15) is 11.8 Å². The van der Waals surface area contributed by atoms with E-state index in [0.29, 0.717) is 6.42 Å². The SMILES string of the molecule is CCS[C@@H]1CC[C@]1(O)CNC(=O)c1ccc(F)c(F)c1. The van der Waals surface area contributed by atoms with Crippen molar-refractivity contribution in [2.75, 3.05) is 12.3 Å². The summed E-state index contributed by atoms with van der Waals surface area (Å²) in [5.74, 6) is -1.65. The number of aliphatic hydroxyl groups is 1. The van der Waals surface area contributed by atoms with Crippen molar-refractivity contribution in [3.05, 3.63) is 35.4 Å². The smallest absolute Gasteiger partial charge is 0.251 e. The predicted molar refractivity (Wildman–Crippen MR) is 74.8 cm³/mol. The van der Waals surface area contributed by atoms with Crippen LogP contribution in [0, 0.1) is 11.6 Å². The molecule has 1 aromatic carbocycles. The van der Waals surface area contributed by atoms with E-state index in [1.165, 1.54) is 6.07 Å². The van der Waals surface area contributed by atoms with Gasteiger partial charge in [-0.1, -0.05) is 6.92 Å². The maximum absolute atomic E-state index is 13.0. The van der Waals surface area contributed by atoms with Gasteiger partial charge in [0.25, 0.3) is 5.91 Å². The number of carbonyl (C=O) groups excluding carboxylic acids is 1. The van der Waals surface area contributed by atoms with Crippen molar-refractivity contribution in [1.29, 1.82) is 0 Å². The molecule has 0 unspecified atom stereocenters. The molecular weight excluding hydrogens is 284 g/mol. The number of nitrogens with one attached hydrogen (secondary N) is 1. The molecule has 1 aliphatic carbocycles. The number of halogens is 2. The van der Waals surface area contributed by atoms with Gasteiger partial charge in [0.2, 0.25) is 0 Å². The Morgan fingerprint density at radius 2 is 2.25 bits per heavy atom. The number of hydrogen-bond donors (Lipinski definition) is 2. The van der Waals surface area contributed by atoms with Gasteiger partial charge in [0, 0.05) is 17.4 Å². The highest BCUT2D eigenvalue weighted by Crippen LogP contribution is 2.40. The van der Waals surface area contributed by atoms with Gasteiger partial charge >= 0.3 is 0 Å². The summed E-state index contributed by atoms with van der Waals surface area (Å²) in [7, 11) is 0. The average Bonchev–Trinajstić information content (AvgIpc) is 2.43. The van der Waals surface area contributed by atoms with Gasteiger partial charge < -0.3 is 10.4 Å². The molecule has 2 N–H and O–H groups in total. The van der Waals surface area contributed by atoms with Gasteiger partial charge in [0.15, 0.2) is 11.6 Å². The fourth-order valence-electron chi connectivity index (χ4n) is 2.21. The first-order chi connectivity index (χ1) is 9.46. The molecule has 2 atom stereocenters. The molecule has 1 aromatic rings. The van der Waals surface area contributed by atoms with E-state index in [2.05, 4.69) is 5.32 Å². The molecule has 0 radical (unpaired) electrons. The molecular formula is C14H17F2NO2S. The van der Waals surface area contributed by atoms with E-state index >= 15 is 0 Å². The van der Waals surface area contributed by atoms with Crippen molar-refractivity contribution in [2.24, 2.45) is 0 Å². The summed E-state index contributed by atoms with van der Waals surface area (Å²) >= 11 is 1.67. The number of hydrogen-bond acceptors (Lipinski definition) is 3. The fourth-order valence-corrected chi connectivity index (χ4v) is 3.41. The van der Waals surface area contributed by atoms with Crippen LogP contribution in [-0.2, 0) is 0 Å². The molecule has 2 rings (SSSR count). The number of carbonyl (C=O) groups is 1. The van der Waals surface area contributed by atoms with Crippen molar-refractivity contribution < 1.29 is 18.7 Å². The minimum absolute atomic E-state index is 0.0477. The lowest BCUT2D eigenvalue weighted by Crippen LogP contribution is -2.57. The normalized spacial score (nSPS) is 25.1. The number of rotatable bonds is 5. The second-order valence-electron chi connectivity index (χ2n) is 4.90. The van der Waals surface area contributed by atoms with E-state index in [-0.39, 0.29) is 17.4 Å². The van der Waals surface area contributed by atoms with Gasteiger partial charge in [-0.15, -0.1) is 0 Å². The lowest BCUT2D eigenvalue weighted by Gasteiger charge is -2.45. The van der Waals surface area contributed by atoms with E-state index in [1.807, 2.05) is 6.92 Å². The Kier molecular flexibility index (Phi) is 4.65. The minimum Gasteiger partial charge on any atom is -0.387 e. The van der Waals surface area contributed by atoms with Crippen molar-refractivity contribution in [3.8, 4) is 0 Å². The molecule has 0 heterocycles. The zero-order valence-corrected chi connectivity index (χ0v) is 12.0. The van der Waals surface area contributed by atoms with E-state index in [4.69, 9.17) is 0 Å². The summed E-state index contributed by atoms with van der Waals surface area (Å²) in [6.07, 6.45) is 1.57. The second-order valence-corrected chi connectivity index (χ2v) is 6.38. The van der Waals surface area contributed by atoms with Crippen LogP contribution in [0.1, 0.15) is 30.1 Å². The summed E-state index contributed by atoms with van der Waals surface area (Å²) in [6, 6.07) is 2.99. The number of amides is 1. The van der Waals surface area contributed by atoms with Crippen LogP contribution in [0.15, 0.2) is 18.2 Å². The maximum atomic E-state index is 13.0. The second kappa shape index (κ2) is 6.10. The number of benzene rings is 1. The van der Waals surface area contributed by atoms with Crippen LogP contribution in [-0.4, -0.2) is 34.2 Å². The van der Waals surface area contributed by atoms with Crippen LogP contribution in [0.3, 0.4) is 0 Å². The van der Waals surface area contributed by atoms with Crippen LogP contribution < -0.4 is 5.32 Å². The Balaban J connectivity index is 1.93. The van der Waals surface area contributed by atoms with Crippen molar-refractivity contribution >= 4 is 17.7 Å². The molecule has 3 nitrogen and oxygen atoms in total. The van der Waals surface area contributed by atoms with Gasteiger partial charge in [-0.05, 0) is 36.8 Å². The lowest BCUT2D eigenvalue weighted by atomic mass is 9.79. The average molecular weight is 301 g/mol. The molecule has 110 valence electrons. The Bertz CT molecular complexity index is 512. The standard InChI is InChI=1S/C14H17F2NO2S/c1-2-20-12-5-6-14(12,19)8-17-13(18)9-3-4-10(15)11(16)7-9/h3-4,7,12,19H,2,5-6,8H2,1H3,(H,17,18)/t12-,14+/m1/s1. The Morgan fingerprint density at radius 1 is 1.50 bits per heavy atom. The first kappa shape index (κ1) is 15.3. The third-order valence-electron chi connectivity index (χ3n) is 3.54. The maximum Gasteiger partial charge on any atom is 0.251 e. The summed E-state index contributed by atoms with van der Waals surface area (Å²) in [5.41, 5.74) is -0.846. The predicted octanol–water partition coefficient (Wildman–Crippen LogP) is 2.34. The molecule has 1 aliphatic rings. The largest absolute Gasteiger partial charge is 0.387 e. The summed E-state index contributed by atoms with van der Waals surface area (Å²) in [6.45, 7) is 2.14. The van der Waals surface area contributed by atoms with Crippen molar-refractivity contribution in [1.82, 2.24) is 5.32 Å². The molecule has 20 heavy (non-hydrogen) atoms. The van der Waals surface area contributed by atoms with Crippen LogP contribution >= 0.6 is 11.8 Å². The number of thioether (sulfide) groups is 1.